The van der Waals surface area contributed by atoms with E-state index < -0.39 is 152 Å². The molecule has 77 heavy (non-hydrogen) atoms. The fourth-order valence-corrected chi connectivity index (χ4v) is 7.65. The van der Waals surface area contributed by atoms with Crippen molar-refractivity contribution in [2.45, 2.75) is 151 Å². The van der Waals surface area contributed by atoms with Crippen molar-refractivity contribution in [1.82, 2.24) is 42.1 Å². The number of carboxylic acids is 3. The summed E-state index contributed by atoms with van der Waals surface area (Å²) in [5, 5.41) is 64.6. The van der Waals surface area contributed by atoms with Crippen LogP contribution >= 0.6 is 0 Å². The molecular weight excluding hydrogens is 1020 g/mol. The molecule has 26 N–H and O–H groups in total. The number of hydrogen-bond acceptors (Lipinski definition) is 18. The van der Waals surface area contributed by atoms with Crippen LogP contribution in [-0.2, 0) is 52.7 Å². The number of aliphatic hydroxyl groups is 2. The van der Waals surface area contributed by atoms with E-state index in [2.05, 4.69) is 47.2 Å². The van der Waals surface area contributed by atoms with Gasteiger partial charge in [0.1, 0.15) is 54.4 Å². The van der Waals surface area contributed by atoms with Gasteiger partial charge in [-0.3, -0.25) is 57.9 Å². The Hall–Kier alpha value is -7.49. The molecule has 0 unspecified atom stereocenters. The number of guanidine groups is 2. The average molecular weight is 1100 g/mol. The second-order valence-corrected chi connectivity index (χ2v) is 17.9. The van der Waals surface area contributed by atoms with Crippen LogP contribution in [-0.4, -0.2) is 208 Å². The van der Waals surface area contributed by atoms with E-state index >= 15 is 0 Å². The fraction of sp³-hybridized carbons (Fsp3) is 0.705. The lowest BCUT2D eigenvalue weighted by Crippen LogP contribution is -2.60. The third kappa shape index (κ3) is 26.2. The number of aliphatic hydroxyl groups excluding tert-OH is 2. The zero-order valence-corrected chi connectivity index (χ0v) is 42.9. The predicted octanol–water partition coefficient (Wildman–Crippen LogP) is -8.53. The van der Waals surface area contributed by atoms with E-state index in [-0.39, 0.29) is 109 Å². The summed E-state index contributed by atoms with van der Waals surface area (Å²) in [4.78, 5) is 153. The molecule has 1 rings (SSSR count). The van der Waals surface area contributed by atoms with Crippen LogP contribution < -0.4 is 77.4 Å². The number of hydrogen-bond donors (Lipinski definition) is 19. The van der Waals surface area contributed by atoms with Crippen molar-refractivity contribution in [3.8, 4) is 0 Å². The number of likely N-dealkylation sites (tertiary alicyclic amines) is 1. The Morgan fingerprint density at radius 1 is 0.506 bits per heavy atom. The highest BCUT2D eigenvalue weighted by molar-refractivity contribution is 5.99. The van der Waals surface area contributed by atoms with E-state index in [1.165, 1.54) is 0 Å². The van der Waals surface area contributed by atoms with E-state index in [1.807, 2.05) is 0 Å². The summed E-state index contributed by atoms with van der Waals surface area (Å²) < 4.78 is 0. The zero-order valence-electron chi connectivity index (χ0n) is 42.9. The molecule has 0 aromatic rings. The van der Waals surface area contributed by atoms with Crippen LogP contribution in [0.3, 0.4) is 0 Å². The highest BCUT2D eigenvalue weighted by Gasteiger charge is 2.40. The molecule has 1 heterocycles. The van der Waals surface area contributed by atoms with Crippen molar-refractivity contribution in [2.75, 3.05) is 45.9 Å². The quantitative estimate of drug-likeness (QED) is 0.0154. The summed E-state index contributed by atoms with van der Waals surface area (Å²) in [6.45, 7) is -1.54. The summed E-state index contributed by atoms with van der Waals surface area (Å²) in [5.74, 6) is -12.9. The number of rotatable bonds is 39. The molecule has 1 saturated heterocycles. The topological polar surface area (TPSA) is 583 Å². The van der Waals surface area contributed by atoms with E-state index in [1.54, 1.807) is 0 Å². The van der Waals surface area contributed by atoms with Crippen LogP contribution in [0.15, 0.2) is 9.98 Å². The highest BCUT2D eigenvalue weighted by Crippen LogP contribution is 2.21. The number of amides is 8. The Kier molecular flexibility index (Phi) is 32.0. The number of nitrogens with one attached hydrogen (secondary N) is 7. The van der Waals surface area contributed by atoms with Crippen molar-refractivity contribution in [1.29, 1.82) is 0 Å². The van der Waals surface area contributed by atoms with Gasteiger partial charge in [0, 0.05) is 26.1 Å². The minimum absolute atomic E-state index is 0.0178. The van der Waals surface area contributed by atoms with Crippen LogP contribution in [0.25, 0.3) is 0 Å². The number of aliphatic carboxylic acids is 3. The normalized spacial score (nSPS) is 16.0. The van der Waals surface area contributed by atoms with Crippen LogP contribution in [0.2, 0.25) is 0 Å². The monoisotopic (exact) mass is 1100 g/mol. The van der Waals surface area contributed by atoms with Gasteiger partial charge < -0.3 is 108 Å². The molecule has 0 aromatic carbocycles. The van der Waals surface area contributed by atoms with Gasteiger partial charge in [0.25, 0.3) is 0 Å². The second kappa shape index (κ2) is 36.5. The largest absolute Gasteiger partial charge is 0.481 e. The van der Waals surface area contributed by atoms with Gasteiger partial charge in [-0.15, -0.1) is 0 Å². The van der Waals surface area contributed by atoms with Gasteiger partial charge in [-0.05, 0) is 96.6 Å². The Morgan fingerprint density at radius 2 is 0.935 bits per heavy atom. The van der Waals surface area contributed by atoms with Crippen molar-refractivity contribution in [3.63, 3.8) is 0 Å². The molecule has 0 spiro atoms. The Balaban J connectivity index is 3.48. The van der Waals surface area contributed by atoms with Gasteiger partial charge >= 0.3 is 17.9 Å². The standard InChI is InChI=1S/C44H79N17O16/c45-15-3-1-8-24(36(70)59-29(20-33(66)67)38(72)58-28(42(76)77)11-6-18-53-44(50)51)55-35(69)25(9-2-4-16-46)56-40(74)31-12-7-19-61(31)41(75)27(10-5-17-52-43(48)49)57-39(73)30(22-63)60-37(71)26(13-14-32(64)65)54-34(68)23(47)21-62/h23-31,62-63H,1-22,45-47H2,(H,54,68)(H,55,69)(H,56,74)(H,57,73)(H,58,72)(H,59,70)(H,60,71)(H,64,65)(H,66,67)(H,76,77)(H4,48,49,52)(H4,50,51,53)/t23-,24-,25-,26-,27-,28-,29-,30-,31-/m0/s1. The molecule has 0 bridgehead atoms. The van der Waals surface area contributed by atoms with Crippen molar-refractivity contribution in [3.05, 3.63) is 0 Å². The van der Waals surface area contributed by atoms with Crippen molar-refractivity contribution < 1.29 is 78.3 Å². The maximum absolute atomic E-state index is 14.4. The number of nitrogens with two attached hydrogens (primary N) is 7. The fourth-order valence-electron chi connectivity index (χ4n) is 7.65. The minimum Gasteiger partial charge on any atom is -0.481 e. The van der Waals surface area contributed by atoms with Crippen LogP contribution in [0, 0.1) is 0 Å². The van der Waals surface area contributed by atoms with Gasteiger partial charge in [0.2, 0.25) is 47.3 Å². The first kappa shape index (κ1) is 67.5. The first-order chi connectivity index (χ1) is 36.4. The number of unbranched alkanes of at least 4 members (excludes halogenated alkanes) is 2. The van der Waals surface area contributed by atoms with Gasteiger partial charge in [0.15, 0.2) is 11.9 Å². The van der Waals surface area contributed by atoms with E-state index in [0.29, 0.717) is 12.8 Å². The summed E-state index contributed by atoms with van der Waals surface area (Å²) >= 11 is 0. The van der Waals surface area contributed by atoms with E-state index in [9.17, 15) is 78.3 Å². The molecular formula is C44H79N17O16. The Morgan fingerprint density at radius 3 is 1.42 bits per heavy atom. The van der Waals surface area contributed by atoms with Gasteiger partial charge in [-0.1, -0.05) is 0 Å². The zero-order chi connectivity index (χ0) is 58.2. The lowest BCUT2D eigenvalue weighted by atomic mass is 10.0. The molecule has 8 amide bonds. The average Bonchev–Trinajstić information content (AvgIpc) is 3.87. The maximum atomic E-state index is 14.4. The number of carbonyl (C=O) groups is 11. The van der Waals surface area contributed by atoms with Gasteiger partial charge in [0.05, 0.1) is 19.6 Å². The lowest BCUT2D eigenvalue weighted by Gasteiger charge is -2.31. The highest BCUT2D eigenvalue weighted by atomic mass is 16.4. The van der Waals surface area contributed by atoms with Crippen molar-refractivity contribution in [2.24, 2.45) is 50.1 Å². The number of aliphatic imine (C=N–C) groups is 2. The van der Waals surface area contributed by atoms with E-state index in [4.69, 9.17) is 40.1 Å². The molecule has 9 atom stereocenters. The lowest BCUT2D eigenvalue weighted by molar-refractivity contribution is -0.144. The molecule has 1 aliphatic heterocycles. The first-order valence-electron chi connectivity index (χ1n) is 25.0. The van der Waals surface area contributed by atoms with Crippen LogP contribution in [0.5, 0.6) is 0 Å². The molecule has 0 saturated carbocycles. The van der Waals surface area contributed by atoms with Crippen molar-refractivity contribution >= 4 is 77.1 Å². The van der Waals surface area contributed by atoms with Gasteiger partial charge in [-0.25, -0.2) is 4.79 Å². The van der Waals surface area contributed by atoms with Crippen LogP contribution in [0.4, 0.5) is 0 Å². The summed E-state index contributed by atoms with van der Waals surface area (Å²) in [6.07, 6.45) is -0.810. The van der Waals surface area contributed by atoms with E-state index in [0.717, 1.165) is 4.90 Å². The molecule has 436 valence electrons. The Labute approximate surface area is 443 Å². The maximum Gasteiger partial charge on any atom is 0.326 e. The predicted molar refractivity (Wildman–Crippen MR) is 273 cm³/mol. The molecule has 1 aliphatic rings. The molecule has 0 aliphatic carbocycles. The Bertz CT molecular complexity index is 2060. The summed E-state index contributed by atoms with van der Waals surface area (Å²) in [6, 6.07) is -13.8. The minimum atomic E-state index is -1.83. The number of nitrogens with zero attached hydrogens (tertiary/aromatic N) is 3. The number of carbonyl (C=O) groups excluding carboxylic acids is 8. The molecule has 33 nitrogen and oxygen atoms in total. The molecule has 33 heteroatoms. The first-order valence-corrected chi connectivity index (χ1v) is 25.0. The SMILES string of the molecule is NCCCC[C@H](NC(=O)[C@H](CCCCN)NC(=O)[C@@H]1CCCN1C(=O)[C@H](CCCN=C(N)N)NC(=O)[C@H](CO)NC(=O)[C@H](CCC(=O)O)NC(=O)[C@@H](N)CO)C(=O)N[C@@H](CC(=O)O)C(=O)N[C@@H](CCCN=C(N)N)C(=O)O. The van der Waals surface area contributed by atoms with Gasteiger partial charge in [-0.2, -0.15) is 0 Å². The summed E-state index contributed by atoms with van der Waals surface area (Å²) in [7, 11) is 0. The van der Waals surface area contributed by atoms with Crippen LogP contribution in [0.1, 0.15) is 96.3 Å². The summed E-state index contributed by atoms with van der Waals surface area (Å²) in [5.41, 5.74) is 38.4. The third-order valence-electron chi connectivity index (χ3n) is 11.8. The second-order valence-electron chi connectivity index (χ2n) is 17.9. The molecule has 0 radical (unpaired) electrons. The number of carboxylic acid groups (broad SMARTS) is 3. The smallest absolute Gasteiger partial charge is 0.326 e. The third-order valence-corrected chi connectivity index (χ3v) is 11.8. The molecule has 0 aromatic heterocycles. The molecule has 1 fully saturated rings.